The second-order valence-electron chi connectivity index (χ2n) is 5.02. The first kappa shape index (κ1) is 14.1. The first-order chi connectivity index (χ1) is 10.2. The van der Waals surface area contributed by atoms with Crippen molar-refractivity contribution in [3.05, 3.63) is 17.7 Å². The van der Waals surface area contributed by atoms with Crippen LogP contribution in [0.5, 0.6) is 0 Å². The molecule has 2 aromatic heterocycles. The van der Waals surface area contributed by atoms with Crippen molar-refractivity contribution in [1.82, 2.24) is 19.9 Å². The van der Waals surface area contributed by atoms with Gasteiger partial charge < -0.3 is 14.4 Å². The summed E-state index contributed by atoms with van der Waals surface area (Å²) in [6.45, 7) is 4.67. The lowest BCUT2D eigenvalue weighted by atomic mass is 10.4. The molecule has 1 aliphatic carbocycles. The molecule has 8 heteroatoms. The van der Waals surface area contributed by atoms with Gasteiger partial charge in [-0.05, 0) is 26.7 Å². The summed E-state index contributed by atoms with van der Waals surface area (Å²) in [4.78, 5) is 11.9. The number of nitrogens with zero attached hydrogens (tertiary/aromatic N) is 4. The lowest BCUT2D eigenvalue weighted by Crippen LogP contribution is -2.15. The minimum absolute atomic E-state index is 0.132. The number of aryl methyl sites for hydroxylation is 1. The van der Waals surface area contributed by atoms with E-state index in [1.165, 1.54) is 24.6 Å². The highest BCUT2D eigenvalue weighted by Crippen LogP contribution is 2.39. The van der Waals surface area contributed by atoms with E-state index >= 15 is 0 Å². The van der Waals surface area contributed by atoms with Crippen molar-refractivity contribution in [1.29, 1.82) is 0 Å². The molecule has 112 valence electrons. The summed E-state index contributed by atoms with van der Waals surface area (Å²) < 4.78 is 7.00. The molecule has 1 aliphatic rings. The molecule has 0 saturated heterocycles. The Balaban J connectivity index is 1.58. The highest BCUT2D eigenvalue weighted by molar-refractivity contribution is 7.99. The SMILES string of the molecule is CCn1c(SCC(=O)Nc2cc(C)on2)nnc1C1CC1. The minimum atomic E-state index is -0.132. The summed E-state index contributed by atoms with van der Waals surface area (Å²) >= 11 is 1.39. The fourth-order valence-corrected chi connectivity index (χ4v) is 2.89. The van der Waals surface area contributed by atoms with Gasteiger partial charge in [0.2, 0.25) is 5.91 Å². The summed E-state index contributed by atoms with van der Waals surface area (Å²) in [5.41, 5.74) is 0. The average molecular weight is 307 g/mol. The quantitative estimate of drug-likeness (QED) is 0.823. The van der Waals surface area contributed by atoms with Crippen LogP contribution in [-0.2, 0) is 11.3 Å². The second-order valence-corrected chi connectivity index (χ2v) is 5.96. The zero-order valence-corrected chi connectivity index (χ0v) is 12.8. The third kappa shape index (κ3) is 3.26. The maximum absolute atomic E-state index is 11.9. The van der Waals surface area contributed by atoms with Crippen LogP contribution in [0.3, 0.4) is 0 Å². The van der Waals surface area contributed by atoms with E-state index in [2.05, 4.69) is 32.2 Å². The molecule has 0 spiro atoms. The maximum atomic E-state index is 11.9. The average Bonchev–Trinajstić information content (AvgIpc) is 3.10. The predicted octanol–water partition coefficient (Wildman–Crippen LogP) is 2.20. The molecule has 2 aromatic rings. The van der Waals surface area contributed by atoms with Crippen LogP contribution in [0.25, 0.3) is 0 Å². The molecule has 0 aromatic carbocycles. The number of aromatic nitrogens is 4. The molecular weight excluding hydrogens is 290 g/mol. The highest BCUT2D eigenvalue weighted by atomic mass is 32.2. The monoisotopic (exact) mass is 307 g/mol. The number of thioether (sulfide) groups is 1. The number of amides is 1. The molecule has 0 unspecified atom stereocenters. The Labute approximate surface area is 126 Å². The fourth-order valence-electron chi connectivity index (χ4n) is 2.08. The first-order valence-corrected chi connectivity index (χ1v) is 7.95. The van der Waals surface area contributed by atoms with Gasteiger partial charge in [-0.1, -0.05) is 16.9 Å². The number of nitrogens with one attached hydrogen (secondary N) is 1. The molecule has 0 bridgehead atoms. The Hall–Kier alpha value is -1.83. The molecule has 21 heavy (non-hydrogen) atoms. The Kier molecular flexibility index (Phi) is 3.96. The van der Waals surface area contributed by atoms with E-state index in [0.717, 1.165) is 17.5 Å². The molecule has 1 saturated carbocycles. The van der Waals surface area contributed by atoms with Gasteiger partial charge in [0.15, 0.2) is 11.0 Å². The lowest BCUT2D eigenvalue weighted by Gasteiger charge is -2.06. The van der Waals surface area contributed by atoms with Crippen LogP contribution in [0.15, 0.2) is 15.7 Å². The van der Waals surface area contributed by atoms with Gasteiger partial charge in [-0.2, -0.15) is 0 Å². The Morgan fingerprint density at radius 3 is 2.95 bits per heavy atom. The van der Waals surface area contributed by atoms with Crippen LogP contribution in [0, 0.1) is 6.92 Å². The molecule has 1 amide bonds. The van der Waals surface area contributed by atoms with Crippen LogP contribution in [0.2, 0.25) is 0 Å². The van der Waals surface area contributed by atoms with E-state index in [4.69, 9.17) is 4.52 Å². The zero-order valence-electron chi connectivity index (χ0n) is 12.0. The van der Waals surface area contributed by atoms with Crippen molar-refractivity contribution >= 4 is 23.5 Å². The van der Waals surface area contributed by atoms with E-state index in [1.54, 1.807) is 13.0 Å². The third-order valence-corrected chi connectivity index (χ3v) is 4.20. The van der Waals surface area contributed by atoms with Crippen LogP contribution < -0.4 is 5.32 Å². The molecule has 0 atom stereocenters. The van der Waals surface area contributed by atoms with Crippen molar-refractivity contribution in [3.8, 4) is 0 Å². The molecule has 1 fully saturated rings. The summed E-state index contributed by atoms with van der Waals surface area (Å²) in [5, 5.41) is 15.7. The van der Waals surface area contributed by atoms with E-state index in [0.29, 0.717) is 17.5 Å². The van der Waals surface area contributed by atoms with Crippen LogP contribution in [0.1, 0.15) is 37.3 Å². The Morgan fingerprint density at radius 1 is 1.52 bits per heavy atom. The van der Waals surface area contributed by atoms with Crippen molar-refractivity contribution in [2.45, 2.75) is 44.3 Å². The van der Waals surface area contributed by atoms with Gasteiger partial charge in [-0.3, -0.25) is 4.79 Å². The molecule has 0 aliphatic heterocycles. The number of hydrogen-bond acceptors (Lipinski definition) is 6. The van der Waals surface area contributed by atoms with Gasteiger partial charge in [0.1, 0.15) is 11.6 Å². The number of carbonyl (C=O) groups excluding carboxylic acids is 1. The topological polar surface area (TPSA) is 85.8 Å². The normalized spacial score (nSPS) is 14.4. The van der Waals surface area contributed by atoms with E-state index in [-0.39, 0.29) is 11.7 Å². The number of anilines is 1. The van der Waals surface area contributed by atoms with Crippen LogP contribution in [-0.4, -0.2) is 31.6 Å². The molecule has 2 heterocycles. The van der Waals surface area contributed by atoms with Gasteiger partial charge in [0.25, 0.3) is 0 Å². The van der Waals surface area contributed by atoms with Crippen molar-refractivity contribution in [2.24, 2.45) is 0 Å². The zero-order chi connectivity index (χ0) is 14.8. The van der Waals surface area contributed by atoms with Gasteiger partial charge in [0.05, 0.1) is 5.75 Å². The summed E-state index contributed by atoms with van der Waals surface area (Å²) in [7, 11) is 0. The van der Waals surface area contributed by atoms with Crippen LogP contribution >= 0.6 is 11.8 Å². The minimum Gasteiger partial charge on any atom is -0.360 e. The highest BCUT2D eigenvalue weighted by Gasteiger charge is 2.30. The van der Waals surface area contributed by atoms with Gasteiger partial charge in [-0.25, -0.2) is 0 Å². The van der Waals surface area contributed by atoms with Crippen molar-refractivity contribution in [2.75, 3.05) is 11.1 Å². The van der Waals surface area contributed by atoms with E-state index < -0.39 is 0 Å². The van der Waals surface area contributed by atoms with Crippen LogP contribution in [0.4, 0.5) is 5.82 Å². The second kappa shape index (κ2) is 5.88. The number of rotatable bonds is 6. The lowest BCUT2D eigenvalue weighted by molar-refractivity contribution is -0.113. The summed E-state index contributed by atoms with van der Waals surface area (Å²) in [6, 6.07) is 1.68. The summed E-state index contributed by atoms with van der Waals surface area (Å²) in [5.74, 6) is 2.85. The predicted molar refractivity (Wildman–Crippen MR) is 78.3 cm³/mol. The van der Waals surface area contributed by atoms with Gasteiger partial charge >= 0.3 is 0 Å². The smallest absolute Gasteiger partial charge is 0.236 e. The van der Waals surface area contributed by atoms with Gasteiger partial charge in [0, 0.05) is 18.5 Å². The number of hydrogen-bond donors (Lipinski definition) is 1. The van der Waals surface area contributed by atoms with E-state index in [1.807, 2.05) is 0 Å². The fraction of sp³-hybridized carbons (Fsp3) is 0.538. The number of carbonyl (C=O) groups is 1. The largest absolute Gasteiger partial charge is 0.360 e. The first-order valence-electron chi connectivity index (χ1n) is 6.96. The van der Waals surface area contributed by atoms with Crippen molar-refractivity contribution in [3.63, 3.8) is 0 Å². The molecule has 3 rings (SSSR count). The maximum Gasteiger partial charge on any atom is 0.236 e. The Bertz CT molecular complexity index is 647. The van der Waals surface area contributed by atoms with Gasteiger partial charge in [-0.15, -0.1) is 10.2 Å². The third-order valence-electron chi connectivity index (χ3n) is 3.23. The molecule has 7 nitrogen and oxygen atoms in total. The molecule has 1 N–H and O–H groups in total. The van der Waals surface area contributed by atoms with E-state index in [9.17, 15) is 4.79 Å². The standard InChI is InChI=1S/C13H17N5O2S/c1-3-18-12(9-4-5-9)15-16-13(18)21-7-11(19)14-10-6-8(2)20-17-10/h6,9H,3-5,7H2,1-2H3,(H,14,17,19). The molecule has 0 radical (unpaired) electrons. The summed E-state index contributed by atoms with van der Waals surface area (Å²) in [6.07, 6.45) is 2.38. The Morgan fingerprint density at radius 2 is 2.33 bits per heavy atom. The molecular formula is C13H17N5O2S. The van der Waals surface area contributed by atoms with Crippen molar-refractivity contribution < 1.29 is 9.32 Å².